The fourth-order valence-corrected chi connectivity index (χ4v) is 2.71. The predicted molar refractivity (Wildman–Crippen MR) is 104 cm³/mol. The molecule has 0 saturated carbocycles. The third-order valence-electron chi connectivity index (χ3n) is 3.84. The standard InChI is InChI=1S/C18H18ClFN6O/c1-10-6-17(26(3)25-10)24-16-8-15(13(19)9-22-16)23-14-7-11(20)4-5-12(14)18(27)21-2/h4-9H,1-3H3,(H,21,27)(H2,22,23,24). The molecule has 0 spiro atoms. The van der Waals surface area contributed by atoms with Gasteiger partial charge in [-0.2, -0.15) is 5.10 Å². The Hall–Kier alpha value is -3.13. The third-order valence-corrected chi connectivity index (χ3v) is 4.14. The van der Waals surface area contributed by atoms with Crippen molar-refractivity contribution in [3.05, 3.63) is 58.6 Å². The number of hydrogen-bond donors (Lipinski definition) is 3. The van der Waals surface area contributed by atoms with Crippen molar-refractivity contribution in [3.8, 4) is 0 Å². The van der Waals surface area contributed by atoms with Gasteiger partial charge in [0.05, 0.1) is 33.9 Å². The quantitative estimate of drug-likeness (QED) is 0.619. The second kappa shape index (κ2) is 7.63. The third kappa shape index (κ3) is 4.17. The van der Waals surface area contributed by atoms with E-state index in [2.05, 4.69) is 26.0 Å². The van der Waals surface area contributed by atoms with Crippen molar-refractivity contribution in [3.63, 3.8) is 0 Å². The summed E-state index contributed by atoms with van der Waals surface area (Å²) in [5, 5.41) is 13.3. The minimum atomic E-state index is -0.473. The molecule has 3 aromatic rings. The molecule has 2 aromatic heterocycles. The first-order chi connectivity index (χ1) is 12.9. The molecule has 0 saturated heterocycles. The molecule has 3 rings (SSSR count). The van der Waals surface area contributed by atoms with Gasteiger partial charge in [0.25, 0.3) is 5.91 Å². The Morgan fingerprint density at radius 1 is 1.19 bits per heavy atom. The lowest BCUT2D eigenvalue weighted by molar-refractivity contribution is 0.0964. The van der Waals surface area contributed by atoms with E-state index in [-0.39, 0.29) is 5.91 Å². The average Bonchev–Trinajstić information content (AvgIpc) is 2.94. The molecule has 0 fully saturated rings. The van der Waals surface area contributed by atoms with Crippen LogP contribution in [0.5, 0.6) is 0 Å². The summed E-state index contributed by atoms with van der Waals surface area (Å²) in [6.45, 7) is 1.89. The van der Waals surface area contributed by atoms with Gasteiger partial charge in [-0.25, -0.2) is 9.37 Å². The van der Waals surface area contributed by atoms with Crippen LogP contribution in [-0.2, 0) is 7.05 Å². The summed E-state index contributed by atoms with van der Waals surface area (Å²) in [6.07, 6.45) is 1.47. The zero-order chi connectivity index (χ0) is 19.6. The SMILES string of the molecule is CNC(=O)c1ccc(F)cc1Nc1cc(Nc2cc(C)nn2C)ncc1Cl. The number of aryl methyl sites for hydroxylation is 2. The molecule has 1 amide bonds. The van der Waals surface area contributed by atoms with Gasteiger partial charge in [0, 0.05) is 26.2 Å². The van der Waals surface area contributed by atoms with Crippen molar-refractivity contribution in [2.45, 2.75) is 6.92 Å². The Balaban J connectivity index is 1.93. The molecule has 0 aliphatic heterocycles. The smallest absolute Gasteiger partial charge is 0.253 e. The number of amides is 1. The van der Waals surface area contributed by atoms with E-state index >= 15 is 0 Å². The lowest BCUT2D eigenvalue weighted by Gasteiger charge is -2.14. The number of carbonyl (C=O) groups excluding carboxylic acids is 1. The number of anilines is 4. The first kappa shape index (κ1) is 18.7. The van der Waals surface area contributed by atoms with Gasteiger partial charge < -0.3 is 16.0 Å². The largest absolute Gasteiger partial charge is 0.355 e. The normalized spacial score (nSPS) is 10.6. The Morgan fingerprint density at radius 3 is 2.63 bits per heavy atom. The Labute approximate surface area is 160 Å². The lowest BCUT2D eigenvalue weighted by Crippen LogP contribution is -2.19. The summed E-state index contributed by atoms with van der Waals surface area (Å²) >= 11 is 6.23. The highest BCUT2D eigenvalue weighted by molar-refractivity contribution is 6.33. The van der Waals surface area contributed by atoms with Crippen molar-refractivity contribution in [1.29, 1.82) is 0 Å². The van der Waals surface area contributed by atoms with Crippen LogP contribution in [0.3, 0.4) is 0 Å². The number of halogens is 2. The van der Waals surface area contributed by atoms with E-state index in [1.54, 1.807) is 10.7 Å². The number of hydrogen-bond acceptors (Lipinski definition) is 5. The molecule has 0 unspecified atom stereocenters. The topological polar surface area (TPSA) is 83.9 Å². The zero-order valence-electron chi connectivity index (χ0n) is 15.0. The fourth-order valence-electron chi connectivity index (χ4n) is 2.56. The molecular weight excluding hydrogens is 371 g/mol. The molecule has 0 radical (unpaired) electrons. The van der Waals surface area contributed by atoms with E-state index in [0.29, 0.717) is 27.8 Å². The first-order valence-corrected chi connectivity index (χ1v) is 8.47. The van der Waals surface area contributed by atoms with Crippen LogP contribution in [0.1, 0.15) is 16.1 Å². The summed E-state index contributed by atoms with van der Waals surface area (Å²) in [6, 6.07) is 7.41. The van der Waals surface area contributed by atoms with Crippen LogP contribution in [0.25, 0.3) is 0 Å². The van der Waals surface area contributed by atoms with Gasteiger partial charge in [-0.3, -0.25) is 9.48 Å². The average molecular weight is 389 g/mol. The van der Waals surface area contributed by atoms with Crippen molar-refractivity contribution in [2.24, 2.45) is 7.05 Å². The Bertz CT molecular complexity index is 1000. The van der Waals surface area contributed by atoms with Crippen molar-refractivity contribution >= 4 is 40.5 Å². The maximum absolute atomic E-state index is 13.7. The highest BCUT2D eigenvalue weighted by atomic mass is 35.5. The maximum Gasteiger partial charge on any atom is 0.253 e. The van der Waals surface area contributed by atoms with Gasteiger partial charge in [0.2, 0.25) is 0 Å². The molecule has 0 aliphatic rings. The number of pyridine rings is 1. The second-order valence-electron chi connectivity index (χ2n) is 5.86. The Kier molecular flexibility index (Phi) is 5.27. The summed E-state index contributed by atoms with van der Waals surface area (Å²) in [5.41, 5.74) is 1.93. The predicted octanol–water partition coefficient (Wildman–Crippen LogP) is 3.76. The van der Waals surface area contributed by atoms with E-state index in [1.807, 2.05) is 20.0 Å². The van der Waals surface area contributed by atoms with Crippen LogP contribution < -0.4 is 16.0 Å². The van der Waals surface area contributed by atoms with Gasteiger partial charge in [0.15, 0.2) is 0 Å². The molecule has 0 bridgehead atoms. The fraction of sp³-hybridized carbons (Fsp3) is 0.167. The van der Waals surface area contributed by atoms with Crippen LogP contribution in [0.4, 0.5) is 27.4 Å². The van der Waals surface area contributed by atoms with E-state index in [9.17, 15) is 9.18 Å². The summed E-state index contributed by atoms with van der Waals surface area (Å²) < 4.78 is 15.4. The van der Waals surface area contributed by atoms with Gasteiger partial charge in [-0.1, -0.05) is 11.6 Å². The van der Waals surface area contributed by atoms with Gasteiger partial charge in [0.1, 0.15) is 17.5 Å². The highest BCUT2D eigenvalue weighted by Gasteiger charge is 2.13. The summed E-state index contributed by atoms with van der Waals surface area (Å²) in [4.78, 5) is 16.3. The van der Waals surface area contributed by atoms with E-state index in [1.165, 1.54) is 31.4 Å². The molecule has 3 N–H and O–H groups in total. The van der Waals surface area contributed by atoms with Crippen molar-refractivity contribution in [1.82, 2.24) is 20.1 Å². The molecule has 1 aromatic carbocycles. The van der Waals surface area contributed by atoms with Gasteiger partial charge >= 0.3 is 0 Å². The second-order valence-corrected chi connectivity index (χ2v) is 6.27. The number of carbonyl (C=O) groups is 1. The van der Waals surface area contributed by atoms with Crippen molar-refractivity contribution < 1.29 is 9.18 Å². The number of aromatic nitrogens is 3. The van der Waals surface area contributed by atoms with Gasteiger partial charge in [-0.05, 0) is 25.1 Å². The first-order valence-electron chi connectivity index (χ1n) is 8.09. The monoisotopic (exact) mass is 388 g/mol. The molecule has 9 heteroatoms. The molecule has 0 aliphatic carbocycles. The molecule has 27 heavy (non-hydrogen) atoms. The zero-order valence-corrected chi connectivity index (χ0v) is 15.7. The minimum absolute atomic E-state index is 0.295. The summed E-state index contributed by atoms with van der Waals surface area (Å²) in [5.74, 6) is 0.457. The van der Waals surface area contributed by atoms with E-state index in [4.69, 9.17) is 11.6 Å². The number of nitrogens with zero attached hydrogens (tertiary/aromatic N) is 3. The number of rotatable bonds is 5. The molecule has 0 atom stereocenters. The minimum Gasteiger partial charge on any atom is -0.355 e. The Morgan fingerprint density at radius 2 is 1.96 bits per heavy atom. The summed E-state index contributed by atoms with van der Waals surface area (Å²) in [7, 11) is 3.32. The maximum atomic E-state index is 13.7. The van der Waals surface area contributed by atoms with E-state index < -0.39 is 5.82 Å². The molecule has 7 nitrogen and oxygen atoms in total. The van der Waals surface area contributed by atoms with Crippen LogP contribution in [0, 0.1) is 12.7 Å². The lowest BCUT2D eigenvalue weighted by atomic mass is 10.1. The van der Waals surface area contributed by atoms with Crippen LogP contribution in [0.2, 0.25) is 5.02 Å². The number of benzene rings is 1. The molecule has 140 valence electrons. The molecule has 2 heterocycles. The number of nitrogens with one attached hydrogen (secondary N) is 3. The van der Waals surface area contributed by atoms with Crippen molar-refractivity contribution in [2.75, 3.05) is 17.7 Å². The molecular formula is C18H18ClFN6O. The van der Waals surface area contributed by atoms with Gasteiger partial charge in [-0.15, -0.1) is 0 Å². The highest BCUT2D eigenvalue weighted by Crippen LogP contribution is 2.30. The van der Waals surface area contributed by atoms with Crippen LogP contribution >= 0.6 is 11.6 Å². The van der Waals surface area contributed by atoms with E-state index in [0.717, 1.165) is 11.5 Å². The van der Waals surface area contributed by atoms with Crippen LogP contribution in [0.15, 0.2) is 36.5 Å². The van der Waals surface area contributed by atoms with Crippen LogP contribution in [-0.4, -0.2) is 27.7 Å².